The molecule has 1 saturated heterocycles. The van der Waals surface area contributed by atoms with Gasteiger partial charge in [0.2, 0.25) is 5.91 Å². The Bertz CT molecular complexity index is 776. The average Bonchev–Trinajstić information content (AvgIpc) is 2.75. The average molecular weight is 419 g/mol. The van der Waals surface area contributed by atoms with Crippen LogP contribution < -0.4 is 10.1 Å². The van der Waals surface area contributed by atoms with Gasteiger partial charge in [0.15, 0.2) is 0 Å². The molecular formula is C23H31ClN2O3. The van der Waals surface area contributed by atoms with E-state index in [9.17, 15) is 4.79 Å². The predicted molar refractivity (Wildman–Crippen MR) is 119 cm³/mol. The first-order valence-electron chi connectivity index (χ1n) is 9.97. The minimum Gasteiger partial charge on any atom is -0.497 e. The molecule has 0 bridgehead atoms. The summed E-state index contributed by atoms with van der Waals surface area (Å²) in [6.07, 6.45) is 0.472. The van der Waals surface area contributed by atoms with Crippen molar-refractivity contribution in [3.63, 3.8) is 0 Å². The first kappa shape index (κ1) is 23.2. The van der Waals surface area contributed by atoms with Crippen molar-refractivity contribution in [2.75, 3.05) is 33.4 Å². The number of nitrogens with one attached hydrogen (secondary N) is 1. The van der Waals surface area contributed by atoms with E-state index in [0.717, 1.165) is 35.6 Å². The summed E-state index contributed by atoms with van der Waals surface area (Å²) in [5.41, 5.74) is 3.38. The monoisotopic (exact) mass is 418 g/mol. The fourth-order valence-electron chi connectivity index (χ4n) is 3.68. The van der Waals surface area contributed by atoms with Gasteiger partial charge in [0.1, 0.15) is 5.75 Å². The molecule has 1 aliphatic heterocycles. The summed E-state index contributed by atoms with van der Waals surface area (Å²) in [5, 5.41) is 3.36. The van der Waals surface area contributed by atoms with Gasteiger partial charge in [-0.1, -0.05) is 36.4 Å². The summed E-state index contributed by atoms with van der Waals surface area (Å²) < 4.78 is 10.8. The van der Waals surface area contributed by atoms with Gasteiger partial charge in [0, 0.05) is 25.6 Å². The van der Waals surface area contributed by atoms with Crippen LogP contribution >= 0.6 is 12.4 Å². The summed E-state index contributed by atoms with van der Waals surface area (Å²) in [4.78, 5) is 14.8. The number of ether oxygens (including phenoxy) is 2. The molecule has 29 heavy (non-hydrogen) atoms. The van der Waals surface area contributed by atoms with Crippen LogP contribution in [0.25, 0.3) is 11.1 Å². The Hall–Kier alpha value is -2.08. The van der Waals surface area contributed by atoms with E-state index in [1.54, 1.807) is 7.11 Å². The molecule has 158 valence electrons. The SMILES string of the molecule is CCN(C(=O)CC1COCCN1)C(C)c1ccc(-c2cccc(OC)c2)cc1.Cl. The summed E-state index contributed by atoms with van der Waals surface area (Å²) in [6.45, 7) is 6.94. The number of benzene rings is 2. The number of halogens is 1. The van der Waals surface area contributed by atoms with Gasteiger partial charge in [-0.25, -0.2) is 0 Å². The minimum absolute atomic E-state index is 0. The van der Waals surface area contributed by atoms with Crippen LogP contribution in [-0.4, -0.2) is 50.3 Å². The molecule has 1 aliphatic rings. The van der Waals surface area contributed by atoms with E-state index < -0.39 is 0 Å². The largest absolute Gasteiger partial charge is 0.497 e. The second-order valence-corrected chi connectivity index (χ2v) is 7.14. The number of hydrogen-bond acceptors (Lipinski definition) is 4. The number of carbonyl (C=O) groups excluding carboxylic acids is 1. The number of rotatable bonds is 7. The van der Waals surface area contributed by atoms with E-state index in [1.165, 1.54) is 0 Å². The zero-order valence-electron chi connectivity index (χ0n) is 17.4. The lowest BCUT2D eigenvalue weighted by molar-refractivity contribution is -0.134. The molecule has 6 heteroatoms. The smallest absolute Gasteiger partial charge is 0.224 e. The van der Waals surface area contributed by atoms with Gasteiger partial charge < -0.3 is 19.7 Å². The van der Waals surface area contributed by atoms with Gasteiger partial charge in [-0.05, 0) is 42.7 Å². The maximum atomic E-state index is 12.8. The lowest BCUT2D eigenvalue weighted by atomic mass is 10.00. The third kappa shape index (κ3) is 5.95. The molecule has 0 aromatic heterocycles. The zero-order valence-corrected chi connectivity index (χ0v) is 18.2. The van der Waals surface area contributed by atoms with Gasteiger partial charge >= 0.3 is 0 Å². The topological polar surface area (TPSA) is 50.8 Å². The molecule has 1 N–H and O–H groups in total. The Labute approximate surface area is 179 Å². The fourth-order valence-corrected chi connectivity index (χ4v) is 3.68. The third-order valence-corrected chi connectivity index (χ3v) is 5.34. The first-order valence-corrected chi connectivity index (χ1v) is 9.97. The fraction of sp³-hybridized carbons (Fsp3) is 0.435. The number of methoxy groups -OCH3 is 1. The molecule has 3 rings (SSSR count). The number of nitrogens with zero attached hydrogens (tertiary/aromatic N) is 1. The Balaban J connectivity index is 0.00000300. The Kier molecular flexibility index (Phi) is 8.96. The molecule has 1 heterocycles. The van der Waals surface area contributed by atoms with E-state index in [2.05, 4.69) is 42.6 Å². The molecule has 5 nitrogen and oxygen atoms in total. The molecule has 0 aliphatic carbocycles. The van der Waals surface area contributed by atoms with Crippen LogP contribution in [0.3, 0.4) is 0 Å². The van der Waals surface area contributed by atoms with Crippen molar-refractivity contribution in [1.82, 2.24) is 10.2 Å². The molecule has 2 unspecified atom stereocenters. The molecule has 0 spiro atoms. The van der Waals surface area contributed by atoms with Crippen LogP contribution in [0.5, 0.6) is 5.75 Å². The zero-order chi connectivity index (χ0) is 19.9. The maximum Gasteiger partial charge on any atom is 0.224 e. The van der Waals surface area contributed by atoms with Crippen LogP contribution in [0.4, 0.5) is 0 Å². The van der Waals surface area contributed by atoms with E-state index in [0.29, 0.717) is 19.6 Å². The molecule has 2 atom stereocenters. The normalized spacial score (nSPS) is 17.1. The molecule has 2 aromatic rings. The summed E-state index contributed by atoms with van der Waals surface area (Å²) in [5.74, 6) is 1.01. The summed E-state index contributed by atoms with van der Waals surface area (Å²) in [7, 11) is 1.68. The minimum atomic E-state index is 0. The van der Waals surface area contributed by atoms with E-state index >= 15 is 0 Å². The Morgan fingerprint density at radius 2 is 2.00 bits per heavy atom. The summed E-state index contributed by atoms with van der Waals surface area (Å²) in [6, 6.07) is 16.6. The highest BCUT2D eigenvalue weighted by Gasteiger charge is 2.24. The highest BCUT2D eigenvalue weighted by Crippen LogP contribution is 2.27. The van der Waals surface area contributed by atoms with Crippen LogP contribution in [0.2, 0.25) is 0 Å². The molecule has 0 radical (unpaired) electrons. The molecular weight excluding hydrogens is 388 g/mol. The molecule has 1 amide bonds. The maximum absolute atomic E-state index is 12.8. The second kappa shape index (κ2) is 11.2. The van der Waals surface area contributed by atoms with Gasteiger partial charge in [-0.2, -0.15) is 0 Å². The standard InChI is InChI=1S/C23H30N2O3.ClH/c1-4-25(23(26)15-21-16-28-13-12-24-21)17(2)18-8-10-19(11-9-18)20-6-5-7-22(14-20)27-3;/h5-11,14,17,21,24H,4,12-13,15-16H2,1-3H3;1H. The lowest BCUT2D eigenvalue weighted by Crippen LogP contribution is -2.45. The quantitative estimate of drug-likeness (QED) is 0.736. The van der Waals surface area contributed by atoms with Crippen molar-refractivity contribution in [2.45, 2.75) is 32.4 Å². The molecule has 2 aromatic carbocycles. The third-order valence-electron chi connectivity index (χ3n) is 5.34. The van der Waals surface area contributed by atoms with Crippen molar-refractivity contribution in [1.29, 1.82) is 0 Å². The second-order valence-electron chi connectivity index (χ2n) is 7.14. The number of amides is 1. The van der Waals surface area contributed by atoms with Gasteiger partial charge in [-0.15, -0.1) is 12.4 Å². The van der Waals surface area contributed by atoms with E-state index in [-0.39, 0.29) is 30.4 Å². The lowest BCUT2D eigenvalue weighted by Gasteiger charge is -2.31. The number of hydrogen-bond donors (Lipinski definition) is 1. The number of carbonyl (C=O) groups is 1. The van der Waals surface area contributed by atoms with Crippen molar-refractivity contribution >= 4 is 18.3 Å². The first-order chi connectivity index (χ1) is 13.6. The highest BCUT2D eigenvalue weighted by molar-refractivity contribution is 5.85. The van der Waals surface area contributed by atoms with Crippen LogP contribution in [0.1, 0.15) is 31.9 Å². The highest BCUT2D eigenvalue weighted by atomic mass is 35.5. The van der Waals surface area contributed by atoms with Crippen molar-refractivity contribution in [3.8, 4) is 16.9 Å². The van der Waals surface area contributed by atoms with E-state index in [1.807, 2.05) is 30.0 Å². The van der Waals surface area contributed by atoms with E-state index in [4.69, 9.17) is 9.47 Å². The summed E-state index contributed by atoms with van der Waals surface area (Å²) >= 11 is 0. The van der Waals surface area contributed by atoms with Crippen LogP contribution in [0.15, 0.2) is 48.5 Å². The van der Waals surface area contributed by atoms with Crippen molar-refractivity contribution in [3.05, 3.63) is 54.1 Å². The van der Waals surface area contributed by atoms with Gasteiger partial charge in [-0.3, -0.25) is 4.79 Å². The predicted octanol–water partition coefficient (Wildman–Crippen LogP) is 4.07. The van der Waals surface area contributed by atoms with Crippen LogP contribution in [0, 0.1) is 0 Å². The van der Waals surface area contributed by atoms with Crippen molar-refractivity contribution < 1.29 is 14.3 Å². The Morgan fingerprint density at radius 3 is 2.62 bits per heavy atom. The molecule has 0 saturated carbocycles. The van der Waals surface area contributed by atoms with Crippen molar-refractivity contribution in [2.24, 2.45) is 0 Å². The number of morpholine rings is 1. The van der Waals surface area contributed by atoms with Gasteiger partial charge in [0.25, 0.3) is 0 Å². The Morgan fingerprint density at radius 1 is 1.24 bits per heavy atom. The van der Waals surface area contributed by atoms with Gasteiger partial charge in [0.05, 0.1) is 26.4 Å². The van der Waals surface area contributed by atoms with Crippen LogP contribution in [-0.2, 0) is 9.53 Å². The molecule has 1 fully saturated rings.